The van der Waals surface area contributed by atoms with E-state index in [0.29, 0.717) is 0 Å². The minimum absolute atomic E-state index is 0.0131. The van der Waals surface area contributed by atoms with Crippen molar-refractivity contribution in [3.63, 3.8) is 0 Å². The van der Waals surface area contributed by atoms with E-state index in [0.717, 1.165) is 105 Å². The highest BCUT2D eigenvalue weighted by Crippen LogP contribution is 2.44. The van der Waals surface area contributed by atoms with Gasteiger partial charge in [0.2, 0.25) is 0 Å². The molecule has 188 valence electrons. The Bertz CT molecular complexity index is 930. The van der Waals surface area contributed by atoms with E-state index in [-0.39, 0.29) is 17.1 Å². The lowest BCUT2D eigenvalue weighted by atomic mass is 9.68. The number of hydrogen-bond donors (Lipinski definition) is 2. The number of amides is 1. The highest BCUT2D eigenvalue weighted by Gasteiger charge is 2.39. The van der Waals surface area contributed by atoms with Crippen LogP contribution >= 0.6 is 0 Å². The Kier molecular flexibility index (Phi) is 9.03. The molecule has 3 rings (SSSR count). The summed E-state index contributed by atoms with van der Waals surface area (Å²) in [6.07, 6.45) is 9.01. The topological polar surface area (TPSA) is 53.6 Å². The van der Waals surface area contributed by atoms with E-state index in [9.17, 15) is 4.79 Å². The maximum Gasteiger partial charge on any atom is 0.254 e. The minimum Gasteiger partial charge on any atom is -0.496 e. The predicted molar refractivity (Wildman–Crippen MR) is 136 cm³/mol. The van der Waals surface area contributed by atoms with Gasteiger partial charge in [-0.25, -0.2) is 4.39 Å². The van der Waals surface area contributed by atoms with Gasteiger partial charge < -0.3 is 20.3 Å². The molecule has 34 heavy (non-hydrogen) atoms. The van der Waals surface area contributed by atoms with Crippen molar-refractivity contribution in [2.24, 2.45) is 0 Å². The van der Waals surface area contributed by atoms with Crippen LogP contribution in [-0.4, -0.2) is 37.6 Å². The van der Waals surface area contributed by atoms with Gasteiger partial charge in [-0.05, 0) is 70.1 Å². The highest BCUT2D eigenvalue weighted by atomic mass is 19.1. The van der Waals surface area contributed by atoms with E-state index in [2.05, 4.69) is 42.4 Å². The summed E-state index contributed by atoms with van der Waals surface area (Å²) >= 11 is 0. The van der Waals surface area contributed by atoms with Crippen LogP contribution in [0.3, 0.4) is 0 Å². The van der Waals surface area contributed by atoms with Crippen molar-refractivity contribution in [2.45, 2.75) is 84.5 Å². The molecule has 0 radical (unpaired) electrons. The number of carbonyl (C=O) groups excluding carboxylic acids is 1. The average molecular weight is 472 g/mol. The fourth-order valence-electron chi connectivity index (χ4n) is 5.58. The first-order valence-corrected chi connectivity index (χ1v) is 13.0. The molecule has 1 fully saturated rings. The zero-order chi connectivity index (χ0) is 24.7. The summed E-state index contributed by atoms with van der Waals surface area (Å²) in [6.45, 7) is 10.8. The van der Waals surface area contributed by atoms with E-state index < -0.39 is 0 Å². The molecule has 0 atom stereocenters. The third-order valence-corrected chi connectivity index (χ3v) is 7.57. The lowest BCUT2D eigenvalue weighted by Gasteiger charge is -2.44. The molecule has 1 aromatic carbocycles. The standard InChI is InChI=1S/C28H42FN3O2/c1-6-10-22-24(34-5)14-13-23(29)26(22)28(8-3)15-18-32(19-16-28)25(11-7-2)31-27(33)21-12-9-17-30-20(21)4/h11,13-14,30H,6-10,12,15-19H2,1-5H3,(H,31,33)/b25-11-. The van der Waals surface area contributed by atoms with Gasteiger partial charge in [-0.3, -0.25) is 4.79 Å². The number of methoxy groups -OCH3 is 1. The lowest BCUT2D eigenvalue weighted by molar-refractivity contribution is -0.117. The van der Waals surface area contributed by atoms with Crippen LogP contribution in [0.15, 0.2) is 35.3 Å². The summed E-state index contributed by atoms with van der Waals surface area (Å²) in [7, 11) is 1.67. The molecular formula is C28H42FN3O2. The van der Waals surface area contributed by atoms with Crippen LogP contribution in [-0.2, 0) is 16.6 Å². The summed E-state index contributed by atoms with van der Waals surface area (Å²) in [5.41, 5.74) is 3.45. The second-order valence-corrected chi connectivity index (χ2v) is 9.56. The van der Waals surface area contributed by atoms with E-state index in [1.165, 1.54) is 0 Å². The first-order chi connectivity index (χ1) is 16.4. The minimum atomic E-state index is -0.229. The Morgan fingerprint density at radius 2 is 2.00 bits per heavy atom. The number of piperidine rings is 1. The molecule has 1 saturated heterocycles. The molecule has 0 aliphatic carbocycles. The van der Waals surface area contributed by atoms with Crippen LogP contribution in [0.1, 0.15) is 83.8 Å². The van der Waals surface area contributed by atoms with Gasteiger partial charge in [0, 0.05) is 47.4 Å². The van der Waals surface area contributed by atoms with E-state index >= 15 is 4.39 Å². The first kappa shape index (κ1) is 26.1. The van der Waals surface area contributed by atoms with Crippen LogP contribution in [0.4, 0.5) is 4.39 Å². The molecule has 0 unspecified atom stereocenters. The number of halogens is 1. The molecule has 1 aromatic rings. The van der Waals surface area contributed by atoms with Crippen LogP contribution < -0.4 is 15.4 Å². The van der Waals surface area contributed by atoms with Crippen LogP contribution in [0, 0.1) is 5.82 Å². The largest absolute Gasteiger partial charge is 0.496 e. The molecule has 5 nitrogen and oxygen atoms in total. The van der Waals surface area contributed by atoms with Crippen molar-refractivity contribution in [3.05, 3.63) is 52.2 Å². The van der Waals surface area contributed by atoms with E-state index in [1.54, 1.807) is 19.2 Å². The third-order valence-electron chi connectivity index (χ3n) is 7.57. The molecule has 2 N–H and O–H groups in total. The van der Waals surface area contributed by atoms with Gasteiger partial charge in [0.15, 0.2) is 0 Å². The summed E-state index contributed by atoms with van der Waals surface area (Å²) < 4.78 is 21.0. The molecule has 0 spiro atoms. The first-order valence-electron chi connectivity index (χ1n) is 13.0. The summed E-state index contributed by atoms with van der Waals surface area (Å²) in [4.78, 5) is 15.3. The molecule has 2 aliphatic heterocycles. The van der Waals surface area contributed by atoms with Crippen LogP contribution in [0.25, 0.3) is 0 Å². The van der Waals surface area contributed by atoms with Crippen molar-refractivity contribution >= 4 is 5.91 Å². The Hall–Kier alpha value is -2.50. The molecule has 2 aliphatic rings. The summed E-state index contributed by atoms with van der Waals surface area (Å²) in [5, 5.41) is 6.49. The van der Waals surface area contributed by atoms with Crippen LogP contribution in [0.2, 0.25) is 0 Å². The van der Waals surface area contributed by atoms with Gasteiger partial charge in [0.25, 0.3) is 5.91 Å². The van der Waals surface area contributed by atoms with Gasteiger partial charge in [0.1, 0.15) is 17.4 Å². The second-order valence-electron chi connectivity index (χ2n) is 9.56. The number of allylic oxidation sites excluding steroid dienone is 2. The predicted octanol–water partition coefficient (Wildman–Crippen LogP) is 5.56. The van der Waals surface area contributed by atoms with Gasteiger partial charge in [-0.2, -0.15) is 0 Å². The van der Waals surface area contributed by atoms with Gasteiger partial charge >= 0.3 is 0 Å². The van der Waals surface area contributed by atoms with Crippen molar-refractivity contribution in [2.75, 3.05) is 26.7 Å². The SMILES string of the molecule is CC/C=C(/NC(=O)C1=C(C)NCCC1)N1CCC(CC)(c2c(F)ccc(OC)c2CCC)CC1. The number of hydrogen-bond acceptors (Lipinski definition) is 4. The number of likely N-dealkylation sites (tertiary alicyclic amines) is 1. The fourth-order valence-corrected chi connectivity index (χ4v) is 5.58. The normalized spacial score (nSPS) is 18.5. The summed E-state index contributed by atoms with van der Waals surface area (Å²) in [6, 6.07) is 3.32. The van der Waals surface area contributed by atoms with Crippen molar-refractivity contribution in [3.8, 4) is 5.75 Å². The lowest BCUT2D eigenvalue weighted by Crippen LogP contribution is -2.46. The zero-order valence-electron chi connectivity index (χ0n) is 21.7. The Labute approximate surface area is 204 Å². The number of rotatable bonds is 9. The Morgan fingerprint density at radius 1 is 1.26 bits per heavy atom. The number of nitrogens with zero attached hydrogens (tertiary/aromatic N) is 1. The molecule has 2 heterocycles. The number of carbonyl (C=O) groups is 1. The van der Waals surface area contributed by atoms with Crippen molar-refractivity contribution in [1.82, 2.24) is 15.5 Å². The van der Waals surface area contributed by atoms with Gasteiger partial charge in [-0.15, -0.1) is 0 Å². The van der Waals surface area contributed by atoms with E-state index in [1.807, 2.05) is 6.92 Å². The van der Waals surface area contributed by atoms with Crippen molar-refractivity contribution in [1.29, 1.82) is 0 Å². The fraction of sp³-hybridized carbons (Fsp3) is 0.607. The maximum atomic E-state index is 15.3. The van der Waals surface area contributed by atoms with Crippen LogP contribution in [0.5, 0.6) is 5.75 Å². The van der Waals surface area contributed by atoms with Gasteiger partial charge in [0.05, 0.1) is 7.11 Å². The number of benzene rings is 1. The molecular weight excluding hydrogens is 429 g/mol. The number of nitrogens with one attached hydrogen (secondary N) is 2. The Morgan fingerprint density at radius 3 is 2.59 bits per heavy atom. The Balaban J connectivity index is 1.83. The average Bonchev–Trinajstić information content (AvgIpc) is 2.84. The molecule has 6 heteroatoms. The monoisotopic (exact) mass is 471 g/mol. The van der Waals surface area contributed by atoms with Crippen molar-refractivity contribution < 1.29 is 13.9 Å². The van der Waals surface area contributed by atoms with Gasteiger partial charge in [-0.1, -0.05) is 27.2 Å². The maximum absolute atomic E-state index is 15.3. The third kappa shape index (κ3) is 5.42. The summed E-state index contributed by atoms with van der Waals surface area (Å²) in [5.74, 6) is 1.53. The quantitative estimate of drug-likeness (QED) is 0.495. The molecule has 0 aromatic heterocycles. The second kappa shape index (κ2) is 11.8. The zero-order valence-corrected chi connectivity index (χ0v) is 21.7. The molecule has 0 bridgehead atoms. The van der Waals surface area contributed by atoms with E-state index in [4.69, 9.17) is 4.74 Å². The highest BCUT2D eigenvalue weighted by molar-refractivity contribution is 5.95. The molecule has 1 amide bonds. The molecule has 0 saturated carbocycles. The smallest absolute Gasteiger partial charge is 0.254 e. The number of ether oxygens (including phenoxy) is 1.